The molecule has 1 rings (SSSR count). The molecular weight excluding hydrogens is 236 g/mol. The maximum atomic E-state index is 11.5. The second kappa shape index (κ2) is 6.61. The van der Waals surface area contributed by atoms with Gasteiger partial charge in [0.2, 0.25) is 5.91 Å². The van der Waals surface area contributed by atoms with Crippen molar-refractivity contribution in [3.05, 3.63) is 0 Å². The van der Waals surface area contributed by atoms with E-state index in [0.29, 0.717) is 11.9 Å². The van der Waals surface area contributed by atoms with E-state index in [-0.39, 0.29) is 11.9 Å². The number of rotatable bonds is 7. The number of amides is 1. The maximum absolute atomic E-state index is 11.5. The molecule has 0 aromatic rings. The van der Waals surface area contributed by atoms with Crippen molar-refractivity contribution in [1.29, 1.82) is 0 Å². The normalized spacial score (nSPS) is 23.9. The van der Waals surface area contributed by atoms with E-state index in [4.69, 9.17) is 10.5 Å². The zero-order valence-corrected chi connectivity index (χ0v) is 11.8. The first-order valence-corrected chi connectivity index (χ1v) is 7.36. The fourth-order valence-corrected chi connectivity index (χ4v) is 3.27. The number of ether oxygens (including phenoxy) is 1. The summed E-state index contributed by atoms with van der Waals surface area (Å²) < 4.78 is 5.55. The molecule has 0 spiro atoms. The number of nitrogens with one attached hydrogen (secondary N) is 1. The van der Waals surface area contributed by atoms with Gasteiger partial charge in [-0.2, -0.15) is 11.8 Å². The third-order valence-corrected chi connectivity index (χ3v) is 4.26. The van der Waals surface area contributed by atoms with Gasteiger partial charge >= 0.3 is 0 Å². The zero-order valence-electron chi connectivity index (χ0n) is 11.0. The van der Waals surface area contributed by atoms with Crippen LogP contribution in [0, 0.1) is 0 Å². The molecule has 1 heterocycles. The summed E-state index contributed by atoms with van der Waals surface area (Å²) in [5.41, 5.74) is 4.84. The lowest BCUT2D eigenvalue weighted by molar-refractivity contribution is -0.123. The number of thioether (sulfide) groups is 1. The molecule has 1 fully saturated rings. The van der Waals surface area contributed by atoms with Crippen LogP contribution < -0.4 is 11.1 Å². The van der Waals surface area contributed by atoms with Crippen molar-refractivity contribution >= 4 is 17.7 Å². The SMILES string of the molecule is CC(C)NC(C)(CSCC1CCCO1)C(N)=O. The Morgan fingerprint density at radius 3 is 2.82 bits per heavy atom. The summed E-state index contributed by atoms with van der Waals surface area (Å²) in [4.78, 5) is 11.5. The van der Waals surface area contributed by atoms with Crippen LogP contribution in [-0.2, 0) is 9.53 Å². The van der Waals surface area contributed by atoms with E-state index in [2.05, 4.69) is 5.32 Å². The molecule has 1 aliphatic heterocycles. The standard InChI is InChI=1S/C12H24N2O2S/c1-9(2)14-12(3,11(13)15)8-17-7-10-5-4-6-16-10/h9-10,14H,4-8H2,1-3H3,(H2,13,15). The largest absolute Gasteiger partial charge is 0.377 e. The molecule has 0 aromatic heterocycles. The second-order valence-electron chi connectivity index (χ2n) is 5.15. The molecule has 4 nitrogen and oxygen atoms in total. The number of primary amides is 1. The number of hydrogen-bond donors (Lipinski definition) is 2. The summed E-state index contributed by atoms with van der Waals surface area (Å²) >= 11 is 1.74. The van der Waals surface area contributed by atoms with Crippen LogP contribution in [0.2, 0.25) is 0 Å². The fourth-order valence-electron chi connectivity index (χ4n) is 1.99. The van der Waals surface area contributed by atoms with Crippen LogP contribution in [0.3, 0.4) is 0 Å². The quantitative estimate of drug-likeness (QED) is 0.720. The Morgan fingerprint density at radius 2 is 2.35 bits per heavy atom. The van der Waals surface area contributed by atoms with Crippen LogP contribution in [0.1, 0.15) is 33.6 Å². The first-order chi connectivity index (χ1) is 7.94. The number of carbonyl (C=O) groups is 1. The molecule has 100 valence electrons. The third-order valence-electron chi connectivity index (χ3n) is 2.87. The number of hydrogen-bond acceptors (Lipinski definition) is 4. The van der Waals surface area contributed by atoms with Crippen LogP contribution in [0.25, 0.3) is 0 Å². The average Bonchev–Trinajstić information content (AvgIpc) is 2.69. The molecular formula is C12H24N2O2S. The Bertz CT molecular complexity index is 255. The van der Waals surface area contributed by atoms with Crippen LogP contribution in [-0.4, -0.2) is 41.7 Å². The Morgan fingerprint density at radius 1 is 1.65 bits per heavy atom. The van der Waals surface area contributed by atoms with E-state index in [1.807, 2.05) is 20.8 Å². The van der Waals surface area contributed by atoms with E-state index < -0.39 is 5.54 Å². The van der Waals surface area contributed by atoms with Crippen molar-refractivity contribution in [3.8, 4) is 0 Å². The molecule has 1 saturated heterocycles. The molecule has 0 bridgehead atoms. The van der Waals surface area contributed by atoms with Gasteiger partial charge in [0.25, 0.3) is 0 Å². The molecule has 1 aliphatic rings. The third kappa shape index (κ3) is 4.85. The van der Waals surface area contributed by atoms with E-state index in [0.717, 1.165) is 25.2 Å². The van der Waals surface area contributed by atoms with Gasteiger partial charge in [-0.25, -0.2) is 0 Å². The molecule has 3 N–H and O–H groups in total. The zero-order chi connectivity index (χ0) is 12.9. The average molecular weight is 260 g/mol. The molecule has 0 aromatic carbocycles. The van der Waals surface area contributed by atoms with Crippen LogP contribution >= 0.6 is 11.8 Å². The van der Waals surface area contributed by atoms with Crippen molar-refractivity contribution in [3.63, 3.8) is 0 Å². The van der Waals surface area contributed by atoms with Crippen molar-refractivity contribution < 1.29 is 9.53 Å². The number of carbonyl (C=O) groups excluding carboxylic acids is 1. The molecule has 17 heavy (non-hydrogen) atoms. The van der Waals surface area contributed by atoms with E-state index in [1.165, 1.54) is 0 Å². The molecule has 1 amide bonds. The van der Waals surface area contributed by atoms with E-state index in [1.54, 1.807) is 11.8 Å². The highest BCUT2D eigenvalue weighted by atomic mass is 32.2. The van der Waals surface area contributed by atoms with Gasteiger partial charge in [0.15, 0.2) is 0 Å². The molecule has 2 atom stereocenters. The van der Waals surface area contributed by atoms with Gasteiger partial charge in [0.05, 0.1) is 6.10 Å². The molecule has 2 unspecified atom stereocenters. The lowest BCUT2D eigenvalue weighted by Gasteiger charge is -2.29. The molecule has 5 heteroatoms. The summed E-state index contributed by atoms with van der Waals surface area (Å²) in [5, 5.41) is 3.24. The molecule has 0 radical (unpaired) electrons. The van der Waals surface area contributed by atoms with Gasteiger partial charge in [-0.15, -0.1) is 0 Å². The summed E-state index contributed by atoms with van der Waals surface area (Å²) in [7, 11) is 0. The summed E-state index contributed by atoms with van der Waals surface area (Å²) in [6.45, 7) is 6.79. The summed E-state index contributed by atoms with van der Waals surface area (Å²) in [6, 6.07) is 0.246. The topological polar surface area (TPSA) is 64.3 Å². The van der Waals surface area contributed by atoms with Gasteiger partial charge in [-0.3, -0.25) is 4.79 Å². The van der Waals surface area contributed by atoms with Crippen LogP contribution in [0.4, 0.5) is 0 Å². The molecule has 0 saturated carbocycles. The van der Waals surface area contributed by atoms with Gasteiger partial charge in [-0.1, -0.05) is 0 Å². The smallest absolute Gasteiger partial charge is 0.238 e. The van der Waals surface area contributed by atoms with Crippen molar-refractivity contribution in [2.45, 2.75) is 51.3 Å². The Kier molecular flexibility index (Phi) is 5.76. The lowest BCUT2D eigenvalue weighted by Crippen LogP contribution is -2.57. The predicted octanol–water partition coefficient (Wildman–Crippen LogP) is 1.14. The first kappa shape index (κ1) is 14.8. The van der Waals surface area contributed by atoms with E-state index in [9.17, 15) is 4.79 Å². The van der Waals surface area contributed by atoms with E-state index >= 15 is 0 Å². The van der Waals surface area contributed by atoms with Gasteiger partial charge < -0.3 is 15.8 Å². The highest BCUT2D eigenvalue weighted by molar-refractivity contribution is 7.99. The highest BCUT2D eigenvalue weighted by Crippen LogP contribution is 2.20. The highest BCUT2D eigenvalue weighted by Gasteiger charge is 2.31. The first-order valence-electron chi connectivity index (χ1n) is 6.21. The van der Waals surface area contributed by atoms with Gasteiger partial charge in [-0.05, 0) is 33.6 Å². The Balaban J connectivity index is 2.35. The fraction of sp³-hybridized carbons (Fsp3) is 0.917. The molecule has 0 aliphatic carbocycles. The number of nitrogens with two attached hydrogens (primary N) is 1. The maximum Gasteiger partial charge on any atom is 0.238 e. The summed E-state index contributed by atoms with van der Waals surface area (Å²) in [5.74, 6) is 1.36. The predicted molar refractivity (Wildman–Crippen MR) is 72.2 cm³/mol. The van der Waals surface area contributed by atoms with Crippen LogP contribution in [0.5, 0.6) is 0 Å². The second-order valence-corrected chi connectivity index (χ2v) is 6.18. The Hall–Kier alpha value is -0.260. The van der Waals surface area contributed by atoms with Crippen molar-refractivity contribution in [1.82, 2.24) is 5.32 Å². The van der Waals surface area contributed by atoms with Crippen molar-refractivity contribution in [2.75, 3.05) is 18.1 Å². The Labute approximate surface area is 108 Å². The monoisotopic (exact) mass is 260 g/mol. The lowest BCUT2D eigenvalue weighted by atomic mass is 10.0. The summed E-state index contributed by atoms with van der Waals surface area (Å²) in [6.07, 6.45) is 2.65. The minimum atomic E-state index is -0.628. The minimum absolute atomic E-state index is 0.246. The van der Waals surface area contributed by atoms with Crippen LogP contribution in [0.15, 0.2) is 0 Å². The van der Waals surface area contributed by atoms with Crippen molar-refractivity contribution in [2.24, 2.45) is 5.73 Å². The van der Waals surface area contributed by atoms with Gasteiger partial charge in [0, 0.05) is 24.2 Å². The van der Waals surface area contributed by atoms with Gasteiger partial charge in [0.1, 0.15) is 5.54 Å². The minimum Gasteiger partial charge on any atom is -0.377 e.